The molecule has 38 heavy (non-hydrogen) atoms. The van der Waals surface area contributed by atoms with E-state index >= 15 is 0 Å². The minimum absolute atomic E-state index is 0.00379. The van der Waals surface area contributed by atoms with Crippen LogP contribution < -0.4 is 0 Å². The predicted molar refractivity (Wildman–Crippen MR) is 144 cm³/mol. The van der Waals surface area contributed by atoms with E-state index in [-0.39, 0.29) is 19.2 Å². The summed E-state index contributed by atoms with van der Waals surface area (Å²) >= 11 is 0. The first-order valence-corrected chi connectivity index (χ1v) is 15.8. The standard InChI is InChI=1S/C27H50O10S/c1-2-3-4-5-6-7-8-9-10-11-12-13-14-15-16-18-23(28)35-19-17-20-36-27-26(31)25(30)24(29)22(37-27)21-38(32,33)34/h9-10,22,24-27,29-31H,2-8,11-21H2,1H3,(H,32,33,34)/t22-,24-,25+,26-,27-/m1/s1. The number of aliphatic hydroxyl groups excluding tert-OH is 3. The van der Waals surface area contributed by atoms with Gasteiger partial charge in [0, 0.05) is 12.8 Å². The Balaban J connectivity index is 2.00. The van der Waals surface area contributed by atoms with Crippen LogP contribution in [0.25, 0.3) is 0 Å². The monoisotopic (exact) mass is 566 g/mol. The summed E-state index contributed by atoms with van der Waals surface area (Å²) in [4.78, 5) is 11.9. The molecular formula is C27H50O10S. The highest BCUT2D eigenvalue weighted by Crippen LogP contribution is 2.23. The first-order valence-electron chi connectivity index (χ1n) is 14.2. The van der Waals surface area contributed by atoms with Crippen LogP contribution in [0.3, 0.4) is 0 Å². The summed E-state index contributed by atoms with van der Waals surface area (Å²) in [6, 6.07) is 0. The van der Waals surface area contributed by atoms with E-state index in [0.717, 1.165) is 32.1 Å². The summed E-state index contributed by atoms with van der Waals surface area (Å²) in [6.07, 6.45) is 12.8. The number of rotatable bonds is 22. The number of allylic oxidation sites excluding steroid dienone is 2. The molecule has 10 nitrogen and oxygen atoms in total. The van der Waals surface area contributed by atoms with Crippen LogP contribution in [0, 0.1) is 0 Å². The second kappa shape index (κ2) is 20.8. The highest BCUT2D eigenvalue weighted by Gasteiger charge is 2.45. The molecule has 0 spiro atoms. The Morgan fingerprint density at radius 3 is 1.97 bits per heavy atom. The maximum Gasteiger partial charge on any atom is 0.305 e. The zero-order chi connectivity index (χ0) is 28.2. The van der Waals surface area contributed by atoms with E-state index in [9.17, 15) is 28.5 Å². The molecule has 1 rings (SSSR count). The summed E-state index contributed by atoms with van der Waals surface area (Å²) < 4.78 is 46.7. The van der Waals surface area contributed by atoms with Gasteiger partial charge < -0.3 is 29.5 Å². The number of esters is 1. The third-order valence-corrected chi connectivity index (χ3v) is 7.27. The van der Waals surface area contributed by atoms with Crippen LogP contribution in [0.1, 0.15) is 103 Å². The molecule has 0 bridgehead atoms. The quantitative estimate of drug-likeness (QED) is 0.0659. The lowest BCUT2D eigenvalue weighted by Crippen LogP contribution is -2.59. The molecule has 0 aromatic heterocycles. The minimum atomic E-state index is -4.48. The second-order valence-corrected chi connectivity index (χ2v) is 11.5. The van der Waals surface area contributed by atoms with E-state index in [0.29, 0.717) is 12.8 Å². The zero-order valence-electron chi connectivity index (χ0n) is 22.9. The normalized spacial score (nSPS) is 24.2. The lowest BCUT2D eigenvalue weighted by atomic mass is 10.00. The average Bonchev–Trinajstić information content (AvgIpc) is 2.86. The van der Waals surface area contributed by atoms with E-state index in [1.54, 1.807) is 0 Å². The molecule has 11 heteroatoms. The number of ether oxygens (including phenoxy) is 3. The molecule has 0 unspecified atom stereocenters. The Labute approximate surface area is 228 Å². The number of carbonyl (C=O) groups excluding carboxylic acids is 1. The molecule has 4 N–H and O–H groups in total. The summed E-state index contributed by atoms with van der Waals surface area (Å²) in [5.41, 5.74) is 0. The molecule has 1 aliphatic rings. The van der Waals surface area contributed by atoms with Gasteiger partial charge in [0.25, 0.3) is 10.1 Å². The zero-order valence-corrected chi connectivity index (χ0v) is 23.7. The summed E-state index contributed by atoms with van der Waals surface area (Å²) in [7, 11) is -4.48. The van der Waals surface area contributed by atoms with Gasteiger partial charge in [-0.3, -0.25) is 9.35 Å². The molecule has 0 aliphatic carbocycles. The van der Waals surface area contributed by atoms with Crippen LogP contribution in [0.15, 0.2) is 12.2 Å². The van der Waals surface area contributed by atoms with Gasteiger partial charge in [-0.25, -0.2) is 0 Å². The fraction of sp³-hybridized carbons (Fsp3) is 0.889. The van der Waals surface area contributed by atoms with Gasteiger partial charge in [0.2, 0.25) is 0 Å². The number of aliphatic hydroxyl groups is 3. The minimum Gasteiger partial charge on any atom is -0.466 e. The molecule has 1 saturated heterocycles. The van der Waals surface area contributed by atoms with Gasteiger partial charge >= 0.3 is 5.97 Å². The number of hydrogen-bond acceptors (Lipinski definition) is 9. The lowest BCUT2D eigenvalue weighted by molar-refractivity contribution is -0.292. The van der Waals surface area contributed by atoms with Crippen molar-refractivity contribution in [3.8, 4) is 0 Å². The smallest absolute Gasteiger partial charge is 0.305 e. The lowest BCUT2D eigenvalue weighted by Gasteiger charge is -2.39. The Bertz CT molecular complexity index is 742. The fourth-order valence-electron chi connectivity index (χ4n) is 4.26. The molecule has 1 fully saturated rings. The first kappa shape index (κ1) is 34.9. The van der Waals surface area contributed by atoms with Crippen LogP contribution in [0.2, 0.25) is 0 Å². The van der Waals surface area contributed by atoms with Crippen molar-refractivity contribution in [3.63, 3.8) is 0 Å². The van der Waals surface area contributed by atoms with Gasteiger partial charge in [0.05, 0.1) is 13.2 Å². The molecule has 224 valence electrons. The van der Waals surface area contributed by atoms with Gasteiger partial charge in [-0.2, -0.15) is 8.42 Å². The van der Waals surface area contributed by atoms with Crippen molar-refractivity contribution in [3.05, 3.63) is 12.2 Å². The largest absolute Gasteiger partial charge is 0.466 e. The Kier molecular flexibility index (Phi) is 19.1. The molecule has 5 atom stereocenters. The number of carbonyl (C=O) groups is 1. The molecule has 1 aliphatic heterocycles. The van der Waals surface area contributed by atoms with Gasteiger partial charge in [-0.15, -0.1) is 0 Å². The summed E-state index contributed by atoms with van der Waals surface area (Å²) in [6.45, 7) is 2.35. The van der Waals surface area contributed by atoms with Gasteiger partial charge in [0.1, 0.15) is 30.2 Å². The van der Waals surface area contributed by atoms with Gasteiger partial charge in [-0.05, 0) is 32.1 Å². The molecule has 0 saturated carbocycles. The van der Waals surface area contributed by atoms with Crippen molar-refractivity contribution in [1.29, 1.82) is 0 Å². The van der Waals surface area contributed by atoms with E-state index in [2.05, 4.69) is 19.1 Å². The third-order valence-electron chi connectivity index (χ3n) is 6.52. The van der Waals surface area contributed by atoms with Crippen molar-refractivity contribution in [2.45, 2.75) is 134 Å². The highest BCUT2D eigenvalue weighted by molar-refractivity contribution is 7.85. The molecule has 0 amide bonds. The molecule has 0 aromatic rings. The Morgan fingerprint density at radius 1 is 0.789 bits per heavy atom. The summed E-state index contributed by atoms with van der Waals surface area (Å²) in [5.74, 6) is -1.24. The summed E-state index contributed by atoms with van der Waals surface area (Å²) in [5, 5.41) is 29.7. The van der Waals surface area contributed by atoms with Crippen molar-refractivity contribution >= 4 is 16.1 Å². The van der Waals surface area contributed by atoms with Crippen LogP contribution in [-0.4, -0.2) is 83.9 Å². The van der Waals surface area contributed by atoms with Crippen LogP contribution >= 0.6 is 0 Å². The SMILES string of the molecule is CCCCCCCCC=CCCCCCCCC(=O)OCCCO[C@@H]1O[C@H](CS(=O)(=O)O)[C@@H](O)[C@H](O)[C@H]1O. The highest BCUT2D eigenvalue weighted by atomic mass is 32.2. The second-order valence-electron chi connectivity index (χ2n) is 10.0. The van der Waals surface area contributed by atoms with Crippen LogP contribution in [0.4, 0.5) is 0 Å². The fourth-order valence-corrected chi connectivity index (χ4v) is 4.95. The predicted octanol–water partition coefficient (Wildman–Crippen LogP) is 3.67. The number of hydrogen-bond donors (Lipinski definition) is 4. The van der Waals surface area contributed by atoms with Crippen molar-refractivity contribution in [2.24, 2.45) is 0 Å². The number of unbranched alkanes of at least 4 members (excludes halogenated alkanes) is 11. The van der Waals surface area contributed by atoms with E-state index in [1.165, 1.54) is 51.4 Å². The van der Waals surface area contributed by atoms with Crippen molar-refractivity contribution in [2.75, 3.05) is 19.0 Å². The first-order chi connectivity index (χ1) is 18.2. The maximum absolute atomic E-state index is 11.9. The van der Waals surface area contributed by atoms with Crippen molar-refractivity contribution in [1.82, 2.24) is 0 Å². The third kappa shape index (κ3) is 16.8. The van der Waals surface area contributed by atoms with Crippen LogP contribution in [0.5, 0.6) is 0 Å². The van der Waals surface area contributed by atoms with E-state index < -0.39 is 46.6 Å². The van der Waals surface area contributed by atoms with Gasteiger partial charge in [0.15, 0.2) is 6.29 Å². The molecule has 0 radical (unpaired) electrons. The average molecular weight is 567 g/mol. The Morgan fingerprint density at radius 2 is 1.37 bits per heavy atom. The molecular weight excluding hydrogens is 516 g/mol. The van der Waals surface area contributed by atoms with E-state index in [4.69, 9.17) is 18.8 Å². The van der Waals surface area contributed by atoms with Crippen molar-refractivity contribution < 1.29 is 47.3 Å². The molecule has 0 aromatic carbocycles. The van der Waals surface area contributed by atoms with E-state index in [1.807, 2.05) is 0 Å². The Hall–Kier alpha value is -1.08. The van der Waals surface area contributed by atoms with Gasteiger partial charge in [-0.1, -0.05) is 70.4 Å². The maximum atomic E-state index is 11.9. The van der Waals surface area contributed by atoms with Crippen LogP contribution in [-0.2, 0) is 29.1 Å². The molecule has 1 heterocycles. The topological polar surface area (TPSA) is 160 Å².